The van der Waals surface area contributed by atoms with Crippen molar-refractivity contribution in [2.75, 3.05) is 6.54 Å². The maximum atomic E-state index is 11.1. The zero-order chi connectivity index (χ0) is 10.4. The predicted octanol–water partition coefficient (Wildman–Crippen LogP) is 2.20. The Balaban J connectivity index is 0.00000196. The van der Waals surface area contributed by atoms with Crippen LogP contribution in [0.2, 0.25) is 0 Å². The van der Waals surface area contributed by atoms with Crippen molar-refractivity contribution in [1.82, 2.24) is 5.32 Å². The third-order valence-electron chi connectivity index (χ3n) is 2.21. The summed E-state index contributed by atoms with van der Waals surface area (Å²) < 4.78 is 0. The van der Waals surface area contributed by atoms with Crippen molar-refractivity contribution in [3.63, 3.8) is 0 Å². The Morgan fingerprint density at radius 3 is 2.86 bits per heavy atom. The Morgan fingerprint density at radius 2 is 2.29 bits per heavy atom. The molecule has 0 saturated heterocycles. The Hall–Kier alpha value is -0.970. The van der Waals surface area contributed by atoms with Crippen LogP contribution in [-0.4, -0.2) is 12.5 Å². The maximum Gasteiger partial charge on any atom is 0.295 e. The van der Waals surface area contributed by atoms with E-state index in [1.807, 2.05) is 0 Å². The minimum atomic E-state index is -0.111. The van der Waals surface area contributed by atoms with Gasteiger partial charge in [0.15, 0.2) is 0 Å². The quantitative estimate of drug-likeness (QED) is 0.541. The summed E-state index contributed by atoms with van der Waals surface area (Å²) >= 11 is 0. The third-order valence-corrected chi connectivity index (χ3v) is 2.21. The molecule has 1 saturated carbocycles. The van der Waals surface area contributed by atoms with E-state index in [1.54, 1.807) is 0 Å². The molecule has 0 atom stereocenters. The van der Waals surface area contributed by atoms with Crippen LogP contribution >= 0.6 is 0 Å². The largest absolute Gasteiger partial charge is 0.345 e. The lowest BCUT2D eigenvalue weighted by molar-refractivity contribution is -0.115. The molecule has 0 unspecified atom stereocenters. The van der Waals surface area contributed by atoms with Gasteiger partial charge in [0.2, 0.25) is 0 Å². The zero-order valence-electron chi connectivity index (χ0n) is 9.10. The summed E-state index contributed by atoms with van der Waals surface area (Å²) in [5.41, 5.74) is 0. The molecular weight excluding hydrogens is 174 g/mol. The Kier molecular flexibility index (Phi) is 4.52. The number of hydrogen-bond acceptors (Lipinski definition) is 1. The lowest BCUT2D eigenvalue weighted by Gasteiger charge is -2.03. The number of carbonyl (C=O) groups excluding carboxylic acids is 1. The van der Waals surface area contributed by atoms with Crippen molar-refractivity contribution >= 4 is 5.91 Å². The molecule has 0 aliphatic heterocycles. The van der Waals surface area contributed by atoms with Gasteiger partial charge in [-0.1, -0.05) is 19.8 Å². The topological polar surface area (TPSA) is 29.1 Å². The predicted molar refractivity (Wildman–Crippen MR) is 59.7 cm³/mol. The molecule has 1 aliphatic carbocycles. The normalized spacial score (nSPS) is 14.8. The summed E-state index contributed by atoms with van der Waals surface area (Å²) in [6, 6.07) is 0. The fourth-order valence-corrected chi connectivity index (χ4v) is 1.15. The molecule has 0 radical (unpaired) electrons. The van der Waals surface area contributed by atoms with Crippen molar-refractivity contribution in [1.29, 1.82) is 0 Å². The summed E-state index contributed by atoms with van der Waals surface area (Å²) in [4.78, 5) is 11.1. The number of amides is 1. The molecular formula is C12H21NO. The summed E-state index contributed by atoms with van der Waals surface area (Å²) in [7, 11) is 0. The number of carbonyl (C=O) groups is 1. The van der Waals surface area contributed by atoms with Gasteiger partial charge in [0.25, 0.3) is 5.91 Å². The highest BCUT2D eigenvalue weighted by molar-refractivity contribution is 5.93. The van der Waals surface area contributed by atoms with Gasteiger partial charge in [0, 0.05) is 13.9 Å². The van der Waals surface area contributed by atoms with E-state index in [4.69, 9.17) is 0 Å². The molecule has 0 aromatic heterocycles. The van der Waals surface area contributed by atoms with Gasteiger partial charge in [0.1, 0.15) is 0 Å². The second-order valence-electron chi connectivity index (χ2n) is 4.34. The fourth-order valence-electron chi connectivity index (χ4n) is 1.15. The zero-order valence-corrected chi connectivity index (χ0v) is 9.10. The van der Waals surface area contributed by atoms with Crippen LogP contribution in [0.5, 0.6) is 0 Å². The molecule has 1 aliphatic rings. The first-order valence-corrected chi connectivity index (χ1v) is 5.48. The molecule has 2 heteroatoms. The summed E-state index contributed by atoms with van der Waals surface area (Å²) in [6.45, 7) is 5.14. The van der Waals surface area contributed by atoms with E-state index in [0.717, 1.165) is 19.4 Å². The maximum absolute atomic E-state index is 11.1. The Labute approximate surface area is 87.9 Å². The molecule has 1 amide bonds. The highest BCUT2D eigenvalue weighted by atomic mass is 16.1. The lowest BCUT2D eigenvalue weighted by Crippen LogP contribution is -2.22. The number of hydrogen-bond donors (Lipinski definition) is 1. The van der Waals surface area contributed by atoms with E-state index < -0.39 is 0 Å². The van der Waals surface area contributed by atoms with Gasteiger partial charge < -0.3 is 5.32 Å². The van der Waals surface area contributed by atoms with Crippen LogP contribution in [-0.2, 0) is 4.79 Å². The van der Waals surface area contributed by atoms with Crippen LogP contribution in [0.4, 0.5) is 0 Å². The van der Waals surface area contributed by atoms with E-state index in [-0.39, 0.29) is 7.33 Å². The van der Waals surface area contributed by atoms with Gasteiger partial charge in [0.05, 0.1) is 0 Å². The Morgan fingerprint density at radius 1 is 1.57 bits per heavy atom. The van der Waals surface area contributed by atoms with E-state index >= 15 is 0 Å². The molecule has 1 N–H and O–H groups in total. The third kappa shape index (κ3) is 5.64. The second kappa shape index (κ2) is 5.70. The van der Waals surface area contributed by atoms with Crippen LogP contribution in [0.25, 0.3) is 0 Å². The fraction of sp³-hybridized carbons (Fsp3) is 0.750. The van der Waals surface area contributed by atoms with Gasteiger partial charge in [-0.05, 0) is 37.5 Å². The monoisotopic (exact) mass is 195 g/mol. The minimum Gasteiger partial charge on any atom is -0.345 e. The van der Waals surface area contributed by atoms with E-state index in [1.165, 1.54) is 12.8 Å². The standard InChI is InChI=1S/C12H19NO.H2/c1-10(2)4-3-9-13-12(14)8-7-11-5-6-11;/h10-11H,3-6,9H2,1-2H3,(H,13,14);1H. The van der Waals surface area contributed by atoms with Crippen molar-refractivity contribution < 1.29 is 6.22 Å². The molecule has 0 heterocycles. The molecule has 0 aromatic rings. The van der Waals surface area contributed by atoms with Gasteiger partial charge >= 0.3 is 0 Å². The van der Waals surface area contributed by atoms with Crippen LogP contribution in [0.15, 0.2) is 0 Å². The first kappa shape index (κ1) is 11.1. The van der Waals surface area contributed by atoms with E-state index in [9.17, 15) is 4.79 Å². The van der Waals surface area contributed by atoms with Crippen molar-refractivity contribution in [3.8, 4) is 11.8 Å². The molecule has 0 spiro atoms. The van der Waals surface area contributed by atoms with Gasteiger partial charge in [-0.2, -0.15) is 0 Å². The van der Waals surface area contributed by atoms with Crippen molar-refractivity contribution in [2.45, 2.75) is 39.5 Å². The minimum absolute atomic E-state index is 0. The highest BCUT2D eigenvalue weighted by Crippen LogP contribution is 2.27. The molecule has 80 valence electrons. The van der Waals surface area contributed by atoms with Gasteiger partial charge in [-0.3, -0.25) is 4.79 Å². The number of rotatable bonds is 4. The van der Waals surface area contributed by atoms with E-state index in [0.29, 0.717) is 11.8 Å². The van der Waals surface area contributed by atoms with Crippen LogP contribution in [0, 0.1) is 23.7 Å². The molecule has 0 aromatic carbocycles. The van der Waals surface area contributed by atoms with Crippen LogP contribution < -0.4 is 5.32 Å². The molecule has 14 heavy (non-hydrogen) atoms. The summed E-state index contributed by atoms with van der Waals surface area (Å²) in [5.74, 6) is 6.69. The first-order valence-electron chi connectivity index (χ1n) is 5.48. The molecule has 1 rings (SSSR count). The van der Waals surface area contributed by atoms with Crippen LogP contribution in [0.3, 0.4) is 0 Å². The SMILES string of the molecule is CC(C)CCCNC(=O)C#CC1CC1.[HH]. The van der Waals surface area contributed by atoms with Gasteiger partial charge in [-0.25, -0.2) is 0 Å². The van der Waals surface area contributed by atoms with Crippen molar-refractivity contribution in [3.05, 3.63) is 0 Å². The smallest absolute Gasteiger partial charge is 0.295 e. The molecule has 0 bridgehead atoms. The summed E-state index contributed by atoms with van der Waals surface area (Å²) in [6.07, 6.45) is 4.56. The van der Waals surface area contributed by atoms with Crippen LogP contribution in [0.1, 0.15) is 41.0 Å². The highest BCUT2D eigenvalue weighted by Gasteiger charge is 2.17. The average molecular weight is 195 g/mol. The molecule has 1 fully saturated rings. The van der Waals surface area contributed by atoms with Gasteiger partial charge in [-0.15, -0.1) is 0 Å². The summed E-state index contributed by atoms with van der Waals surface area (Å²) in [5, 5.41) is 2.81. The first-order chi connectivity index (χ1) is 6.68. The number of nitrogens with one attached hydrogen (secondary N) is 1. The van der Waals surface area contributed by atoms with E-state index in [2.05, 4.69) is 31.0 Å². The Bertz CT molecular complexity index is 248. The van der Waals surface area contributed by atoms with Crippen molar-refractivity contribution in [2.24, 2.45) is 11.8 Å². The molecule has 2 nitrogen and oxygen atoms in total. The average Bonchev–Trinajstić information content (AvgIpc) is 2.92. The lowest BCUT2D eigenvalue weighted by atomic mass is 10.1. The second-order valence-corrected chi connectivity index (χ2v) is 4.34.